The quantitative estimate of drug-likeness (QED) is 0.880. The summed E-state index contributed by atoms with van der Waals surface area (Å²) in [5.41, 5.74) is 0.742. The molecule has 2 aromatic rings. The van der Waals surface area contributed by atoms with E-state index in [1.807, 2.05) is 6.92 Å². The molecule has 0 aliphatic heterocycles. The van der Waals surface area contributed by atoms with Crippen molar-refractivity contribution in [3.63, 3.8) is 0 Å². The van der Waals surface area contributed by atoms with Gasteiger partial charge in [-0.2, -0.15) is 0 Å². The molecular formula is C13H12BrClN4O. The predicted octanol–water partition coefficient (Wildman–Crippen LogP) is 3.58. The Hall–Kier alpha value is -1.66. The number of nitrogens with one attached hydrogen (secondary N) is 2. The Morgan fingerprint density at radius 3 is 2.75 bits per heavy atom. The van der Waals surface area contributed by atoms with Crippen molar-refractivity contribution >= 4 is 44.9 Å². The topological polar surface area (TPSA) is 66.9 Å². The van der Waals surface area contributed by atoms with Gasteiger partial charge in [-0.25, -0.2) is 0 Å². The molecule has 2 rings (SSSR count). The second-order valence-electron chi connectivity index (χ2n) is 3.91. The smallest absolute Gasteiger partial charge is 0.276 e. The molecule has 0 atom stereocenters. The van der Waals surface area contributed by atoms with Gasteiger partial charge in [-0.05, 0) is 37.3 Å². The average molecular weight is 356 g/mol. The number of halogens is 2. The van der Waals surface area contributed by atoms with E-state index in [9.17, 15) is 4.79 Å². The summed E-state index contributed by atoms with van der Waals surface area (Å²) in [5.74, 6) is 0.269. The number of nitrogens with zero attached hydrogens (tertiary/aromatic N) is 2. The van der Waals surface area contributed by atoms with Crippen LogP contribution in [0.3, 0.4) is 0 Å². The fraction of sp³-hybridized carbons (Fsp3) is 0.154. The van der Waals surface area contributed by atoms with E-state index in [-0.39, 0.29) is 11.6 Å². The molecule has 0 saturated heterocycles. The van der Waals surface area contributed by atoms with Crippen LogP contribution in [-0.2, 0) is 0 Å². The van der Waals surface area contributed by atoms with Gasteiger partial charge in [0.2, 0.25) is 0 Å². The standard InChI is InChI=1S/C13H12BrClN4O/c1-2-16-12-6-5-10(18-19-12)13(20)17-11-7-8(14)3-4-9(11)15/h3-7H,2H2,1H3,(H,16,19)(H,17,20). The lowest BCUT2D eigenvalue weighted by molar-refractivity contribution is 0.102. The number of benzene rings is 1. The second kappa shape index (κ2) is 6.67. The fourth-order valence-corrected chi connectivity index (χ4v) is 2.03. The Labute approximate surface area is 129 Å². The second-order valence-corrected chi connectivity index (χ2v) is 5.24. The first kappa shape index (κ1) is 14.7. The minimum absolute atomic E-state index is 0.225. The van der Waals surface area contributed by atoms with Crippen molar-refractivity contribution in [2.45, 2.75) is 6.92 Å². The molecule has 5 nitrogen and oxygen atoms in total. The number of rotatable bonds is 4. The van der Waals surface area contributed by atoms with Crippen LogP contribution in [-0.4, -0.2) is 22.6 Å². The van der Waals surface area contributed by atoms with Crippen LogP contribution in [0, 0.1) is 0 Å². The minimum atomic E-state index is -0.361. The number of hydrogen-bond acceptors (Lipinski definition) is 4. The summed E-state index contributed by atoms with van der Waals surface area (Å²) in [4.78, 5) is 12.0. The van der Waals surface area contributed by atoms with Crippen LogP contribution in [0.2, 0.25) is 5.02 Å². The van der Waals surface area contributed by atoms with E-state index in [2.05, 4.69) is 36.8 Å². The molecule has 2 N–H and O–H groups in total. The lowest BCUT2D eigenvalue weighted by Gasteiger charge is -2.07. The van der Waals surface area contributed by atoms with Crippen molar-refractivity contribution in [1.29, 1.82) is 0 Å². The van der Waals surface area contributed by atoms with Crippen LogP contribution in [0.4, 0.5) is 11.5 Å². The van der Waals surface area contributed by atoms with Crippen molar-refractivity contribution in [2.24, 2.45) is 0 Å². The fourth-order valence-electron chi connectivity index (χ4n) is 1.51. The Bertz CT molecular complexity index is 618. The van der Waals surface area contributed by atoms with Gasteiger partial charge in [-0.15, -0.1) is 10.2 Å². The molecule has 0 fully saturated rings. The molecule has 0 unspecified atom stereocenters. The van der Waals surface area contributed by atoms with E-state index in [4.69, 9.17) is 11.6 Å². The van der Waals surface area contributed by atoms with Gasteiger partial charge in [0.1, 0.15) is 5.82 Å². The van der Waals surface area contributed by atoms with Gasteiger partial charge in [-0.1, -0.05) is 27.5 Å². The van der Waals surface area contributed by atoms with Gasteiger partial charge in [0.05, 0.1) is 10.7 Å². The van der Waals surface area contributed by atoms with Gasteiger partial charge in [-0.3, -0.25) is 4.79 Å². The number of carbonyl (C=O) groups is 1. The molecular weight excluding hydrogens is 344 g/mol. The number of amides is 1. The van der Waals surface area contributed by atoms with Gasteiger partial charge >= 0.3 is 0 Å². The summed E-state index contributed by atoms with van der Waals surface area (Å²) in [6, 6.07) is 8.52. The van der Waals surface area contributed by atoms with Crippen molar-refractivity contribution < 1.29 is 4.79 Å². The molecule has 0 aliphatic rings. The van der Waals surface area contributed by atoms with E-state index >= 15 is 0 Å². The zero-order valence-electron chi connectivity index (χ0n) is 10.7. The lowest BCUT2D eigenvalue weighted by atomic mass is 10.3. The summed E-state index contributed by atoms with van der Waals surface area (Å²) in [6.45, 7) is 2.70. The van der Waals surface area contributed by atoms with Crippen LogP contribution in [0.15, 0.2) is 34.8 Å². The highest BCUT2D eigenvalue weighted by atomic mass is 79.9. The van der Waals surface area contributed by atoms with E-state index in [1.54, 1.807) is 30.3 Å². The van der Waals surface area contributed by atoms with Gasteiger partial charge in [0.25, 0.3) is 5.91 Å². The molecule has 1 aromatic heterocycles. The summed E-state index contributed by atoms with van der Waals surface area (Å²) >= 11 is 9.34. The van der Waals surface area contributed by atoms with Crippen LogP contribution in [0.5, 0.6) is 0 Å². The Morgan fingerprint density at radius 1 is 1.30 bits per heavy atom. The van der Waals surface area contributed by atoms with Crippen molar-refractivity contribution in [2.75, 3.05) is 17.2 Å². The number of hydrogen-bond donors (Lipinski definition) is 2. The molecule has 1 amide bonds. The zero-order valence-corrected chi connectivity index (χ0v) is 13.0. The summed E-state index contributed by atoms with van der Waals surface area (Å²) < 4.78 is 0.825. The van der Waals surface area contributed by atoms with Crippen molar-refractivity contribution in [3.8, 4) is 0 Å². The van der Waals surface area contributed by atoms with Gasteiger partial charge in [0, 0.05) is 11.0 Å². The maximum atomic E-state index is 12.0. The van der Waals surface area contributed by atoms with E-state index in [0.29, 0.717) is 16.5 Å². The third kappa shape index (κ3) is 3.68. The van der Waals surface area contributed by atoms with Crippen LogP contribution < -0.4 is 10.6 Å². The molecule has 0 spiro atoms. The molecule has 0 saturated carbocycles. The number of carbonyl (C=O) groups excluding carboxylic acids is 1. The molecule has 7 heteroatoms. The first-order valence-corrected chi connectivity index (χ1v) is 7.11. The summed E-state index contributed by atoms with van der Waals surface area (Å²) in [6.07, 6.45) is 0. The SMILES string of the molecule is CCNc1ccc(C(=O)Nc2cc(Br)ccc2Cl)nn1. The van der Waals surface area contributed by atoms with Gasteiger partial charge in [0.15, 0.2) is 5.69 Å². The van der Waals surface area contributed by atoms with Crippen LogP contribution in [0.1, 0.15) is 17.4 Å². The Morgan fingerprint density at radius 2 is 2.10 bits per heavy atom. The highest BCUT2D eigenvalue weighted by Gasteiger charge is 2.11. The maximum Gasteiger partial charge on any atom is 0.276 e. The Kier molecular flexibility index (Phi) is 4.92. The molecule has 104 valence electrons. The average Bonchev–Trinajstić information content (AvgIpc) is 2.44. The van der Waals surface area contributed by atoms with Crippen LogP contribution >= 0.6 is 27.5 Å². The highest BCUT2D eigenvalue weighted by molar-refractivity contribution is 9.10. The van der Waals surface area contributed by atoms with E-state index in [1.165, 1.54) is 0 Å². The molecule has 1 aromatic carbocycles. The van der Waals surface area contributed by atoms with Crippen molar-refractivity contribution in [1.82, 2.24) is 10.2 Å². The number of aromatic nitrogens is 2. The van der Waals surface area contributed by atoms with Crippen molar-refractivity contribution in [3.05, 3.63) is 45.5 Å². The lowest BCUT2D eigenvalue weighted by Crippen LogP contribution is -2.15. The molecule has 20 heavy (non-hydrogen) atoms. The Balaban J connectivity index is 2.13. The first-order chi connectivity index (χ1) is 9.60. The molecule has 0 bridgehead atoms. The number of anilines is 2. The molecule has 1 heterocycles. The highest BCUT2D eigenvalue weighted by Crippen LogP contribution is 2.25. The third-order valence-electron chi connectivity index (χ3n) is 2.43. The van der Waals surface area contributed by atoms with E-state index < -0.39 is 0 Å². The predicted molar refractivity (Wildman–Crippen MR) is 83.3 cm³/mol. The normalized spacial score (nSPS) is 10.2. The summed E-state index contributed by atoms with van der Waals surface area (Å²) in [7, 11) is 0. The van der Waals surface area contributed by atoms with E-state index in [0.717, 1.165) is 11.0 Å². The minimum Gasteiger partial charge on any atom is -0.369 e. The largest absolute Gasteiger partial charge is 0.369 e. The molecule has 0 radical (unpaired) electrons. The zero-order chi connectivity index (χ0) is 14.5. The molecule has 0 aliphatic carbocycles. The van der Waals surface area contributed by atoms with Crippen LogP contribution in [0.25, 0.3) is 0 Å². The summed E-state index contributed by atoms with van der Waals surface area (Å²) in [5, 5.41) is 13.9. The van der Waals surface area contributed by atoms with Gasteiger partial charge < -0.3 is 10.6 Å². The first-order valence-electron chi connectivity index (χ1n) is 5.94. The monoisotopic (exact) mass is 354 g/mol. The third-order valence-corrected chi connectivity index (χ3v) is 3.25. The maximum absolute atomic E-state index is 12.0.